The van der Waals surface area contributed by atoms with Crippen LogP contribution in [0.2, 0.25) is 0 Å². The van der Waals surface area contributed by atoms with E-state index in [2.05, 4.69) is 20.8 Å². The lowest BCUT2D eigenvalue weighted by Crippen LogP contribution is -2.12. The Morgan fingerprint density at radius 3 is 2.55 bits per heavy atom. The molecule has 0 aliphatic rings. The Bertz CT molecular complexity index is 1170. The van der Waals surface area contributed by atoms with Crippen LogP contribution in [0.25, 0.3) is 22.4 Å². The Kier molecular flexibility index (Phi) is 6.03. The highest BCUT2D eigenvalue weighted by molar-refractivity contribution is 5.97. The molecule has 7 heteroatoms. The topological polar surface area (TPSA) is 80.0 Å². The fourth-order valence-corrected chi connectivity index (χ4v) is 3.26. The lowest BCUT2D eigenvalue weighted by atomic mass is 10.0. The zero-order valence-electron chi connectivity index (χ0n) is 16.9. The second kappa shape index (κ2) is 9.21. The fourth-order valence-electron chi connectivity index (χ4n) is 3.26. The van der Waals surface area contributed by atoms with E-state index in [4.69, 9.17) is 4.52 Å². The molecule has 0 saturated carbocycles. The van der Waals surface area contributed by atoms with Gasteiger partial charge in [0.1, 0.15) is 17.3 Å². The highest BCUT2D eigenvalue weighted by atomic mass is 19.1. The number of benzene rings is 2. The predicted molar refractivity (Wildman–Crippen MR) is 118 cm³/mol. The van der Waals surface area contributed by atoms with Crippen LogP contribution in [0, 0.1) is 5.82 Å². The predicted octanol–water partition coefficient (Wildman–Crippen LogP) is 5.16. The number of rotatable bonds is 7. The molecular formula is C24H21FN4O2. The number of aromatic nitrogens is 2. The van der Waals surface area contributed by atoms with Gasteiger partial charge in [0.15, 0.2) is 0 Å². The van der Waals surface area contributed by atoms with E-state index in [9.17, 15) is 9.18 Å². The standard InChI is InChI=1S/C24H21FN4O2/c1-26-20-15-18(13-14-27-20)22-23(17-8-10-19(25)11-9-17)29-31-24(22)28-21(30)12-7-16-5-3-2-4-6-16/h2-6,8-11,13-15H,7,12H2,1H3,(H,26,27)(H,28,30). The molecule has 0 unspecified atom stereocenters. The van der Waals surface area contributed by atoms with Gasteiger partial charge in [-0.1, -0.05) is 35.5 Å². The molecule has 0 atom stereocenters. The van der Waals surface area contributed by atoms with E-state index >= 15 is 0 Å². The molecule has 4 aromatic rings. The van der Waals surface area contributed by atoms with Crippen LogP contribution in [0.5, 0.6) is 0 Å². The number of halogens is 1. The van der Waals surface area contributed by atoms with E-state index in [0.717, 1.165) is 11.1 Å². The van der Waals surface area contributed by atoms with Crippen molar-refractivity contribution in [2.24, 2.45) is 0 Å². The van der Waals surface area contributed by atoms with Crippen LogP contribution in [0.15, 0.2) is 77.4 Å². The number of pyridine rings is 1. The molecule has 0 fully saturated rings. The Hall–Kier alpha value is -4.00. The zero-order valence-corrected chi connectivity index (χ0v) is 16.9. The van der Waals surface area contributed by atoms with Gasteiger partial charge in [0.2, 0.25) is 11.8 Å². The Balaban J connectivity index is 1.65. The summed E-state index contributed by atoms with van der Waals surface area (Å²) in [6.45, 7) is 0. The summed E-state index contributed by atoms with van der Waals surface area (Å²) in [5.41, 5.74) is 3.63. The van der Waals surface area contributed by atoms with Gasteiger partial charge in [0, 0.05) is 25.2 Å². The van der Waals surface area contributed by atoms with Crippen LogP contribution in [0.1, 0.15) is 12.0 Å². The number of amides is 1. The van der Waals surface area contributed by atoms with Crippen molar-refractivity contribution in [3.63, 3.8) is 0 Å². The summed E-state index contributed by atoms with van der Waals surface area (Å²) in [7, 11) is 1.77. The Morgan fingerprint density at radius 2 is 1.81 bits per heavy atom. The smallest absolute Gasteiger partial charge is 0.239 e. The van der Waals surface area contributed by atoms with Gasteiger partial charge < -0.3 is 9.84 Å². The molecule has 0 spiro atoms. The first kappa shape index (κ1) is 20.3. The summed E-state index contributed by atoms with van der Waals surface area (Å²) < 4.78 is 18.9. The maximum Gasteiger partial charge on any atom is 0.239 e. The fraction of sp³-hybridized carbons (Fsp3) is 0.125. The SMILES string of the molecule is CNc1cc(-c2c(-c3ccc(F)cc3)noc2NC(=O)CCc2ccccc2)ccn1. The van der Waals surface area contributed by atoms with E-state index in [1.165, 1.54) is 12.1 Å². The highest BCUT2D eigenvalue weighted by Crippen LogP contribution is 2.38. The van der Waals surface area contributed by atoms with Gasteiger partial charge in [0.25, 0.3) is 0 Å². The van der Waals surface area contributed by atoms with Crippen LogP contribution in [-0.2, 0) is 11.2 Å². The van der Waals surface area contributed by atoms with Gasteiger partial charge >= 0.3 is 0 Å². The number of nitrogens with one attached hydrogen (secondary N) is 2. The Morgan fingerprint density at radius 1 is 1.03 bits per heavy atom. The van der Waals surface area contributed by atoms with Crippen molar-refractivity contribution < 1.29 is 13.7 Å². The minimum absolute atomic E-state index is 0.185. The quantitative estimate of drug-likeness (QED) is 0.435. The second-order valence-corrected chi connectivity index (χ2v) is 6.96. The van der Waals surface area contributed by atoms with Crippen LogP contribution >= 0.6 is 0 Å². The van der Waals surface area contributed by atoms with Crippen LogP contribution in [0.3, 0.4) is 0 Å². The molecule has 31 heavy (non-hydrogen) atoms. The van der Waals surface area contributed by atoms with Crippen LogP contribution in [0.4, 0.5) is 16.1 Å². The van der Waals surface area contributed by atoms with Crippen molar-refractivity contribution >= 4 is 17.6 Å². The third kappa shape index (κ3) is 4.78. The van der Waals surface area contributed by atoms with E-state index in [1.807, 2.05) is 36.4 Å². The number of nitrogens with zero attached hydrogens (tertiary/aromatic N) is 2. The monoisotopic (exact) mass is 416 g/mol. The van der Waals surface area contributed by atoms with Gasteiger partial charge in [-0.2, -0.15) is 0 Å². The summed E-state index contributed by atoms with van der Waals surface area (Å²) >= 11 is 0. The van der Waals surface area contributed by atoms with Crippen molar-refractivity contribution in [3.8, 4) is 22.4 Å². The average Bonchev–Trinajstić information content (AvgIpc) is 3.22. The number of anilines is 2. The third-order valence-corrected chi connectivity index (χ3v) is 4.85. The van der Waals surface area contributed by atoms with E-state index in [-0.39, 0.29) is 17.6 Å². The normalized spacial score (nSPS) is 10.6. The van der Waals surface area contributed by atoms with Gasteiger partial charge in [-0.05, 0) is 53.9 Å². The largest absolute Gasteiger partial charge is 0.373 e. The van der Waals surface area contributed by atoms with E-state index < -0.39 is 0 Å². The molecule has 6 nitrogen and oxygen atoms in total. The highest BCUT2D eigenvalue weighted by Gasteiger charge is 2.21. The molecule has 1 amide bonds. The molecule has 0 saturated heterocycles. The minimum atomic E-state index is -0.343. The van der Waals surface area contributed by atoms with Crippen molar-refractivity contribution in [3.05, 3.63) is 84.3 Å². The number of carbonyl (C=O) groups is 1. The molecule has 0 aliphatic carbocycles. The van der Waals surface area contributed by atoms with Crippen LogP contribution < -0.4 is 10.6 Å². The van der Waals surface area contributed by atoms with Gasteiger partial charge in [-0.25, -0.2) is 9.37 Å². The molecule has 2 aromatic heterocycles. The maximum absolute atomic E-state index is 13.4. The van der Waals surface area contributed by atoms with Gasteiger partial charge in [-0.15, -0.1) is 0 Å². The summed E-state index contributed by atoms with van der Waals surface area (Å²) in [6.07, 6.45) is 2.57. The van der Waals surface area contributed by atoms with Crippen molar-refractivity contribution in [2.75, 3.05) is 17.7 Å². The number of hydrogen-bond acceptors (Lipinski definition) is 5. The lowest BCUT2D eigenvalue weighted by molar-refractivity contribution is -0.116. The third-order valence-electron chi connectivity index (χ3n) is 4.85. The molecule has 156 valence electrons. The zero-order chi connectivity index (χ0) is 21.6. The summed E-state index contributed by atoms with van der Waals surface area (Å²) in [5.74, 6) is 0.371. The molecule has 0 radical (unpaired) electrons. The molecule has 2 aromatic carbocycles. The molecule has 0 bridgehead atoms. The molecule has 2 N–H and O–H groups in total. The van der Waals surface area contributed by atoms with Crippen molar-refractivity contribution in [2.45, 2.75) is 12.8 Å². The first-order valence-electron chi connectivity index (χ1n) is 9.87. The maximum atomic E-state index is 13.4. The van der Waals surface area contributed by atoms with Gasteiger partial charge in [-0.3, -0.25) is 10.1 Å². The molecule has 2 heterocycles. The average molecular weight is 416 g/mol. The van der Waals surface area contributed by atoms with Crippen LogP contribution in [-0.4, -0.2) is 23.1 Å². The first-order valence-corrected chi connectivity index (χ1v) is 9.87. The Labute approximate surface area is 179 Å². The molecule has 0 aliphatic heterocycles. The van der Waals surface area contributed by atoms with E-state index in [0.29, 0.717) is 35.5 Å². The first-order chi connectivity index (χ1) is 15.1. The van der Waals surface area contributed by atoms with Crippen molar-refractivity contribution in [1.29, 1.82) is 0 Å². The van der Waals surface area contributed by atoms with Crippen molar-refractivity contribution in [1.82, 2.24) is 10.1 Å². The second-order valence-electron chi connectivity index (χ2n) is 6.96. The van der Waals surface area contributed by atoms with Gasteiger partial charge in [0.05, 0.1) is 5.56 Å². The minimum Gasteiger partial charge on any atom is -0.373 e. The number of carbonyl (C=O) groups excluding carboxylic acids is 1. The van der Waals surface area contributed by atoms with E-state index in [1.54, 1.807) is 31.4 Å². The number of aryl methyl sites for hydroxylation is 1. The lowest BCUT2D eigenvalue weighted by Gasteiger charge is -2.08. The summed E-state index contributed by atoms with van der Waals surface area (Å²) in [4.78, 5) is 16.8. The summed E-state index contributed by atoms with van der Waals surface area (Å²) in [5, 5.41) is 10.00. The molecular weight excluding hydrogens is 395 g/mol. The number of hydrogen-bond donors (Lipinski definition) is 2. The molecule has 4 rings (SSSR count). The summed E-state index contributed by atoms with van der Waals surface area (Å²) in [6, 6.07) is 19.4.